The van der Waals surface area contributed by atoms with Crippen LogP contribution in [0.1, 0.15) is 27.2 Å². The van der Waals surface area contributed by atoms with E-state index in [9.17, 15) is 0 Å². The molecule has 0 unspecified atom stereocenters. The quantitative estimate of drug-likeness (QED) is 0.453. The van der Waals surface area contributed by atoms with Gasteiger partial charge in [-0.2, -0.15) is 0 Å². The highest BCUT2D eigenvalue weighted by Gasteiger charge is 1.90. The van der Waals surface area contributed by atoms with E-state index >= 15 is 0 Å². The van der Waals surface area contributed by atoms with Crippen LogP contribution in [0, 0.1) is 5.92 Å². The van der Waals surface area contributed by atoms with E-state index in [4.69, 9.17) is 5.73 Å². The molecule has 0 aliphatic rings. The molecule has 54 valence electrons. The van der Waals surface area contributed by atoms with Crippen LogP contribution < -0.4 is 5.73 Å². The Morgan fingerprint density at radius 2 is 2.11 bits per heavy atom. The minimum absolute atomic E-state index is 0.620. The van der Waals surface area contributed by atoms with Crippen LogP contribution in [0.3, 0.4) is 0 Å². The second kappa shape index (κ2) is 4.36. The third-order valence-electron chi connectivity index (χ3n) is 1.02. The smallest absolute Gasteiger partial charge is 0.0934 e. The zero-order valence-corrected chi connectivity index (χ0v) is 6.52. The fourth-order valence-corrected chi connectivity index (χ4v) is 0.412. The fourth-order valence-electron chi connectivity index (χ4n) is 0.412. The molecule has 0 rings (SSSR count). The zero-order chi connectivity index (χ0) is 7.28. The molecule has 2 heteroatoms. The normalized spacial score (nSPS) is 12.7. The lowest BCUT2D eigenvalue weighted by Gasteiger charge is -1.98. The van der Waals surface area contributed by atoms with Crippen molar-refractivity contribution in [2.45, 2.75) is 27.2 Å². The molecular formula is C7H16N2. The molecule has 0 aliphatic heterocycles. The van der Waals surface area contributed by atoms with Crippen molar-refractivity contribution in [3.8, 4) is 0 Å². The minimum Gasteiger partial charge on any atom is -0.387 e. The summed E-state index contributed by atoms with van der Waals surface area (Å²) >= 11 is 0. The number of aliphatic imine (C=N–C) groups is 1. The van der Waals surface area contributed by atoms with Crippen LogP contribution >= 0.6 is 0 Å². The molecule has 0 atom stereocenters. The first kappa shape index (κ1) is 8.47. The highest BCUT2D eigenvalue weighted by Crippen LogP contribution is 1.91. The SMILES string of the molecule is CCC(N)=NCC(C)C. The molecule has 0 heterocycles. The summed E-state index contributed by atoms with van der Waals surface area (Å²) in [4.78, 5) is 4.14. The van der Waals surface area contributed by atoms with Gasteiger partial charge in [0.25, 0.3) is 0 Å². The number of hydrogen-bond donors (Lipinski definition) is 1. The maximum Gasteiger partial charge on any atom is 0.0934 e. The third kappa shape index (κ3) is 5.34. The van der Waals surface area contributed by atoms with Crippen molar-refractivity contribution in [2.24, 2.45) is 16.6 Å². The predicted molar refractivity (Wildman–Crippen MR) is 41.6 cm³/mol. The summed E-state index contributed by atoms with van der Waals surface area (Å²) in [5.41, 5.74) is 5.47. The van der Waals surface area contributed by atoms with E-state index in [1.807, 2.05) is 6.92 Å². The number of nitrogens with two attached hydrogens (primary N) is 1. The van der Waals surface area contributed by atoms with Crippen molar-refractivity contribution in [3.05, 3.63) is 0 Å². The third-order valence-corrected chi connectivity index (χ3v) is 1.02. The molecule has 0 spiro atoms. The van der Waals surface area contributed by atoms with E-state index in [1.54, 1.807) is 0 Å². The van der Waals surface area contributed by atoms with Gasteiger partial charge in [-0.1, -0.05) is 20.8 Å². The Kier molecular flexibility index (Phi) is 4.10. The van der Waals surface area contributed by atoms with E-state index in [1.165, 1.54) is 0 Å². The first-order valence-corrected chi connectivity index (χ1v) is 3.45. The molecular weight excluding hydrogens is 112 g/mol. The van der Waals surface area contributed by atoms with E-state index in [-0.39, 0.29) is 0 Å². The molecule has 0 aromatic rings. The zero-order valence-electron chi connectivity index (χ0n) is 6.52. The van der Waals surface area contributed by atoms with Crippen LogP contribution in [0.2, 0.25) is 0 Å². The molecule has 0 amide bonds. The maximum atomic E-state index is 5.47. The second-order valence-electron chi connectivity index (χ2n) is 2.58. The molecule has 0 aromatic carbocycles. The number of amidine groups is 1. The maximum absolute atomic E-state index is 5.47. The van der Waals surface area contributed by atoms with E-state index in [0.717, 1.165) is 18.8 Å². The summed E-state index contributed by atoms with van der Waals surface area (Å²) < 4.78 is 0. The van der Waals surface area contributed by atoms with Crippen molar-refractivity contribution < 1.29 is 0 Å². The van der Waals surface area contributed by atoms with Gasteiger partial charge < -0.3 is 5.73 Å². The minimum atomic E-state index is 0.620. The summed E-state index contributed by atoms with van der Waals surface area (Å²) in [5.74, 6) is 1.39. The second-order valence-corrected chi connectivity index (χ2v) is 2.58. The van der Waals surface area contributed by atoms with Gasteiger partial charge in [0.1, 0.15) is 0 Å². The van der Waals surface area contributed by atoms with Gasteiger partial charge in [0, 0.05) is 13.0 Å². The average molecular weight is 128 g/mol. The number of rotatable bonds is 3. The molecule has 9 heavy (non-hydrogen) atoms. The van der Waals surface area contributed by atoms with E-state index in [0.29, 0.717) is 5.92 Å². The molecule has 0 bridgehead atoms. The molecule has 0 saturated carbocycles. The average Bonchev–Trinajstić information content (AvgIpc) is 1.83. The fraction of sp³-hybridized carbons (Fsp3) is 0.857. The largest absolute Gasteiger partial charge is 0.387 e. The van der Waals surface area contributed by atoms with Crippen molar-refractivity contribution in [2.75, 3.05) is 6.54 Å². The monoisotopic (exact) mass is 128 g/mol. The Balaban J connectivity index is 3.43. The van der Waals surface area contributed by atoms with Gasteiger partial charge in [0.2, 0.25) is 0 Å². The summed E-state index contributed by atoms with van der Waals surface area (Å²) in [6.45, 7) is 7.14. The molecule has 0 fully saturated rings. The van der Waals surface area contributed by atoms with Crippen LogP contribution in [0.25, 0.3) is 0 Å². The van der Waals surface area contributed by atoms with Gasteiger partial charge in [0.15, 0.2) is 0 Å². The molecule has 2 nitrogen and oxygen atoms in total. The lowest BCUT2D eigenvalue weighted by Crippen LogP contribution is -2.11. The molecule has 2 N–H and O–H groups in total. The van der Waals surface area contributed by atoms with Gasteiger partial charge in [-0.25, -0.2) is 0 Å². The van der Waals surface area contributed by atoms with E-state index < -0.39 is 0 Å². The summed E-state index contributed by atoms with van der Waals surface area (Å²) in [7, 11) is 0. The lowest BCUT2D eigenvalue weighted by atomic mass is 10.2. The number of nitrogens with zero attached hydrogens (tertiary/aromatic N) is 1. The van der Waals surface area contributed by atoms with Crippen LogP contribution in [0.15, 0.2) is 4.99 Å². The van der Waals surface area contributed by atoms with Crippen LogP contribution in [0.4, 0.5) is 0 Å². The van der Waals surface area contributed by atoms with Gasteiger partial charge in [-0.3, -0.25) is 4.99 Å². The molecule has 0 aliphatic carbocycles. The van der Waals surface area contributed by atoms with Crippen LogP contribution in [-0.2, 0) is 0 Å². The Morgan fingerprint density at radius 1 is 1.56 bits per heavy atom. The first-order chi connectivity index (χ1) is 4.16. The summed E-state index contributed by atoms with van der Waals surface area (Å²) in [6, 6.07) is 0. The molecule has 0 aromatic heterocycles. The van der Waals surface area contributed by atoms with Crippen LogP contribution in [-0.4, -0.2) is 12.4 Å². The Bertz CT molecular complexity index is 95.1. The lowest BCUT2D eigenvalue weighted by molar-refractivity contribution is 0.664. The highest BCUT2D eigenvalue weighted by atomic mass is 14.8. The van der Waals surface area contributed by atoms with Crippen LogP contribution in [0.5, 0.6) is 0 Å². The summed E-state index contributed by atoms with van der Waals surface area (Å²) in [6.07, 6.45) is 0.868. The predicted octanol–water partition coefficient (Wildman–Crippen LogP) is 1.41. The van der Waals surface area contributed by atoms with Crippen molar-refractivity contribution in [1.29, 1.82) is 0 Å². The van der Waals surface area contributed by atoms with Crippen molar-refractivity contribution in [3.63, 3.8) is 0 Å². The standard InChI is InChI=1S/C7H16N2/c1-4-7(8)9-5-6(2)3/h6H,4-5H2,1-3H3,(H2,8,9). The van der Waals surface area contributed by atoms with Gasteiger partial charge >= 0.3 is 0 Å². The van der Waals surface area contributed by atoms with E-state index in [2.05, 4.69) is 18.8 Å². The highest BCUT2D eigenvalue weighted by molar-refractivity contribution is 5.79. The van der Waals surface area contributed by atoms with Gasteiger partial charge in [-0.05, 0) is 5.92 Å². The van der Waals surface area contributed by atoms with Gasteiger partial charge in [0.05, 0.1) is 5.84 Å². The van der Waals surface area contributed by atoms with Crippen molar-refractivity contribution >= 4 is 5.84 Å². The Labute approximate surface area is 57.2 Å². The van der Waals surface area contributed by atoms with Gasteiger partial charge in [-0.15, -0.1) is 0 Å². The molecule has 0 saturated heterocycles. The number of hydrogen-bond acceptors (Lipinski definition) is 1. The topological polar surface area (TPSA) is 38.4 Å². The summed E-state index contributed by atoms with van der Waals surface area (Å²) in [5, 5.41) is 0. The molecule has 0 radical (unpaired) electrons. The Hall–Kier alpha value is -0.530. The Morgan fingerprint density at radius 3 is 2.44 bits per heavy atom. The van der Waals surface area contributed by atoms with Crippen molar-refractivity contribution in [1.82, 2.24) is 0 Å². The first-order valence-electron chi connectivity index (χ1n) is 3.45.